The number of amides is 2. The summed E-state index contributed by atoms with van der Waals surface area (Å²) in [7, 11) is 0. The van der Waals surface area contributed by atoms with E-state index in [9.17, 15) is 14.0 Å². The van der Waals surface area contributed by atoms with Crippen molar-refractivity contribution in [1.82, 2.24) is 9.61 Å². The number of hydrogen-bond acceptors (Lipinski definition) is 4. The number of nitrogens with two attached hydrogens (primary N) is 1. The van der Waals surface area contributed by atoms with Crippen molar-refractivity contribution in [1.29, 1.82) is 0 Å². The molecule has 1 fully saturated rings. The van der Waals surface area contributed by atoms with Crippen molar-refractivity contribution in [2.45, 2.75) is 44.8 Å². The van der Waals surface area contributed by atoms with Gasteiger partial charge in [0.25, 0.3) is 5.91 Å². The molecule has 3 N–H and O–H groups in total. The van der Waals surface area contributed by atoms with Crippen LogP contribution >= 0.6 is 0 Å². The van der Waals surface area contributed by atoms with Gasteiger partial charge < -0.3 is 16.0 Å². The van der Waals surface area contributed by atoms with Crippen LogP contribution in [0.4, 0.5) is 15.8 Å². The van der Waals surface area contributed by atoms with Crippen molar-refractivity contribution in [3.8, 4) is 0 Å². The Labute approximate surface area is 180 Å². The number of anilines is 2. The Bertz CT molecular complexity index is 1140. The monoisotopic (exact) mass is 423 g/mol. The summed E-state index contributed by atoms with van der Waals surface area (Å²) in [5.41, 5.74) is 6.93. The Morgan fingerprint density at radius 3 is 2.68 bits per heavy atom. The second-order valence-corrected chi connectivity index (χ2v) is 8.57. The van der Waals surface area contributed by atoms with Gasteiger partial charge in [-0.25, -0.2) is 8.91 Å². The summed E-state index contributed by atoms with van der Waals surface area (Å²) in [5.74, 6) is -0.533. The molecule has 8 heteroatoms. The first-order valence-corrected chi connectivity index (χ1v) is 10.3. The molecule has 4 rings (SSSR count). The Morgan fingerprint density at radius 1 is 1.32 bits per heavy atom. The van der Waals surface area contributed by atoms with Gasteiger partial charge in [0.15, 0.2) is 0 Å². The lowest BCUT2D eigenvalue weighted by atomic mass is 9.99. The third kappa shape index (κ3) is 3.97. The second-order valence-electron chi connectivity index (χ2n) is 8.57. The van der Waals surface area contributed by atoms with Crippen LogP contribution in [0, 0.1) is 0 Å². The predicted molar refractivity (Wildman–Crippen MR) is 118 cm³/mol. The summed E-state index contributed by atoms with van der Waals surface area (Å²) in [6.07, 6.45) is 3.52. The number of fused-ring (bicyclic) bond motifs is 1. The van der Waals surface area contributed by atoms with Crippen LogP contribution in [0.3, 0.4) is 0 Å². The molecule has 0 spiro atoms. The molecule has 2 amide bonds. The molecule has 3 heterocycles. The largest absolute Gasteiger partial charge is 0.377 e. The van der Waals surface area contributed by atoms with E-state index >= 15 is 0 Å². The van der Waals surface area contributed by atoms with E-state index in [1.807, 2.05) is 30.3 Å². The van der Waals surface area contributed by atoms with Crippen LogP contribution in [0.2, 0.25) is 0 Å². The number of carbonyl (C=O) groups excluding carboxylic acids is 2. The summed E-state index contributed by atoms with van der Waals surface area (Å²) in [6.45, 7) is 5.17. The van der Waals surface area contributed by atoms with Gasteiger partial charge in [-0.15, -0.1) is 0 Å². The zero-order valence-electron chi connectivity index (χ0n) is 17.8. The van der Waals surface area contributed by atoms with Gasteiger partial charge in [-0.1, -0.05) is 30.3 Å². The molecule has 0 radical (unpaired) electrons. The number of primary amides is 1. The molecule has 1 aliphatic heterocycles. The van der Waals surface area contributed by atoms with E-state index in [1.54, 1.807) is 28.6 Å². The van der Waals surface area contributed by atoms with Gasteiger partial charge >= 0.3 is 0 Å². The molecule has 3 aromatic rings. The average molecular weight is 423 g/mol. The maximum Gasteiger partial charge on any atom is 0.252 e. The Balaban J connectivity index is 1.72. The molecule has 0 saturated carbocycles. The molecular weight excluding hydrogens is 397 g/mol. The van der Waals surface area contributed by atoms with E-state index in [1.165, 1.54) is 20.0 Å². The summed E-state index contributed by atoms with van der Waals surface area (Å²) in [5, 5.41) is 7.36. The highest BCUT2D eigenvalue weighted by atomic mass is 19.1. The summed E-state index contributed by atoms with van der Waals surface area (Å²) in [4.78, 5) is 26.5. The molecule has 2 atom stereocenters. The van der Waals surface area contributed by atoms with E-state index < -0.39 is 17.6 Å². The Kier molecular flexibility index (Phi) is 5.16. The number of rotatable bonds is 6. The molecular formula is C23H26FN5O2. The minimum Gasteiger partial charge on any atom is -0.377 e. The minimum atomic E-state index is -1.53. The first-order valence-electron chi connectivity index (χ1n) is 10.3. The van der Waals surface area contributed by atoms with E-state index in [2.05, 4.69) is 10.4 Å². The molecule has 1 saturated heterocycles. The first kappa shape index (κ1) is 20.8. The lowest BCUT2D eigenvalue weighted by Gasteiger charge is -2.26. The minimum absolute atomic E-state index is 0.0210. The van der Waals surface area contributed by atoms with Crippen molar-refractivity contribution in [2.24, 2.45) is 5.73 Å². The van der Waals surface area contributed by atoms with Gasteiger partial charge in [-0.3, -0.25) is 9.59 Å². The molecule has 0 aliphatic carbocycles. The maximum absolute atomic E-state index is 14.5. The summed E-state index contributed by atoms with van der Waals surface area (Å²) >= 11 is 0. The predicted octanol–water partition coefficient (Wildman–Crippen LogP) is 3.50. The highest BCUT2D eigenvalue weighted by molar-refractivity contribution is 6.03. The van der Waals surface area contributed by atoms with Crippen molar-refractivity contribution in [2.75, 3.05) is 16.8 Å². The van der Waals surface area contributed by atoms with Crippen molar-refractivity contribution in [3.05, 3.63) is 59.9 Å². The smallest absolute Gasteiger partial charge is 0.252 e. The molecule has 7 nitrogen and oxygen atoms in total. The van der Waals surface area contributed by atoms with E-state index in [0.717, 1.165) is 5.56 Å². The van der Waals surface area contributed by atoms with Crippen LogP contribution in [0.25, 0.3) is 5.52 Å². The molecule has 0 bridgehead atoms. The Hall–Kier alpha value is -3.42. The lowest BCUT2D eigenvalue weighted by molar-refractivity contribution is -0.117. The number of nitrogens with one attached hydrogen (secondary N) is 1. The topological polar surface area (TPSA) is 92.7 Å². The third-order valence-electron chi connectivity index (χ3n) is 5.99. The van der Waals surface area contributed by atoms with Crippen LogP contribution < -0.4 is 16.0 Å². The number of aromatic nitrogens is 2. The molecule has 1 unspecified atom stereocenters. The van der Waals surface area contributed by atoms with Crippen LogP contribution in [0.5, 0.6) is 0 Å². The van der Waals surface area contributed by atoms with Crippen molar-refractivity contribution >= 4 is 28.7 Å². The number of nitrogens with zero attached hydrogens (tertiary/aromatic N) is 3. The van der Waals surface area contributed by atoms with Gasteiger partial charge in [0.05, 0.1) is 40.9 Å². The van der Waals surface area contributed by atoms with Crippen LogP contribution in [-0.2, 0) is 4.79 Å². The van der Waals surface area contributed by atoms with Crippen molar-refractivity contribution < 1.29 is 14.0 Å². The number of hydrogen-bond donors (Lipinski definition) is 2. The van der Waals surface area contributed by atoms with Gasteiger partial charge in [-0.2, -0.15) is 5.10 Å². The van der Waals surface area contributed by atoms with Gasteiger partial charge in [0.1, 0.15) is 5.67 Å². The van der Waals surface area contributed by atoms with Crippen LogP contribution in [-0.4, -0.2) is 39.7 Å². The average Bonchev–Trinajstić information content (AvgIpc) is 3.31. The number of benzene rings is 1. The van der Waals surface area contributed by atoms with Gasteiger partial charge in [0.2, 0.25) is 5.91 Å². The molecule has 2 aromatic heterocycles. The SMILES string of the molecule is C[C@@H](Nc1c(C(N)=O)cnn2cc(N3CC(c4ccccc4)CC3=O)cc12)C(C)(C)F. The zero-order chi connectivity index (χ0) is 22.3. The standard InChI is InChI=1S/C23H26FN5O2/c1-14(23(2,3)24)27-21-18(22(25)31)11-26-29-13-17(10-19(21)29)28-12-16(9-20(28)30)15-7-5-4-6-8-15/h4-8,10-11,13-14,16,27H,9,12H2,1-3H3,(H2,25,31)/t14-,16?/m1/s1. The first-order chi connectivity index (χ1) is 14.6. The Morgan fingerprint density at radius 2 is 2.03 bits per heavy atom. The third-order valence-corrected chi connectivity index (χ3v) is 5.99. The molecule has 162 valence electrons. The maximum atomic E-state index is 14.5. The zero-order valence-corrected chi connectivity index (χ0v) is 17.8. The van der Waals surface area contributed by atoms with Gasteiger partial charge in [-0.05, 0) is 32.4 Å². The summed E-state index contributed by atoms with van der Waals surface area (Å²) < 4.78 is 16.0. The van der Waals surface area contributed by atoms with E-state index in [-0.39, 0.29) is 17.4 Å². The lowest BCUT2D eigenvalue weighted by Crippen LogP contribution is -2.36. The number of carbonyl (C=O) groups is 2. The fourth-order valence-electron chi connectivity index (χ4n) is 3.82. The van der Waals surface area contributed by atoms with E-state index in [4.69, 9.17) is 5.73 Å². The number of halogens is 1. The van der Waals surface area contributed by atoms with Crippen LogP contribution in [0.15, 0.2) is 48.8 Å². The van der Waals surface area contributed by atoms with Gasteiger partial charge in [0, 0.05) is 18.9 Å². The fourth-order valence-corrected chi connectivity index (χ4v) is 3.82. The number of alkyl halides is 1. The molecule has 31 heavy (non-hydrogen) atoms. The van der Waals surface area contributed by atoms with Crippen molar-refractivity contribution in [3.63, 3.8) is 0 Å². The molecule has 1 aliphatic rings. The molecule has 1 aromatic carbocycles. The van der Waals surface area contributed by atoms with E-state index in [0.29, 0.717) is 29.9 Å². The highest BCUT2D eigenvalue weighted by Crippen LogP contribution is 2.35. The summed E-state index contributed by atoms with van der Waals surface area (Å²) in [6, 6.07) is 11.1. The van der Waals surface area contributed by atoms with Crippen LogP contribution in [0.1, 0.15) is 49.0 Å². The highest BCUT2D eigenvalue weighted by Gasteiger charge is 2.33. The quantitative estimate of drug-likeness (QED) is 0.635. The fraction of sp³-hybridized carbons (Fsp3) is 0.348. The normalized spacial score (nSPS) is 17.9. The second kappa shape index (κ2) is 7.68.